The first-order chi connectivity index (χ1) is 9.70. The Hall–Kier alpha value is -2.59. The minimum absolute atomic E-state index is 0.129. The van der Waals surface area contributed by atoms with Gasteiger partial charge < -0.3 is 5.73 Å². The molecule has 1 aromatic carbocycles. The molecule has 0 saturated heterocycles. The summed E-state index contributed by atoms with van der Waals surface area (Å²) in [5.41, 5.74) is 4.93. The summed E-state index contributed by atoms with van der Waals surface area (Å²) in [5.74, 6) is -0.634. The Kier molecular flexibility index (Phi) is 4.89. The molecule has 1 rings (SSSR count). The number of halogens is 4. The largest absolute Gasteiger partial charge is 0.417 e. The molecule has 1 aromatic rings. The van der Waals surface area contributed by atoms with Crippen molar-refractivity contribution in [2.45, 2.75) is 6.18 Å². The van der Waals surface area contributed by atoms with Gasteiger partial charge in [-0.2, -0.15) is 28.8 Å². The van der Waals surface area contributed by atoms with Crippen molar-refractivity contribution in [2.75, 3.05) is 5.43 Å². The first kappa shape index (κ1) is 16.5. The van der Waals surface area contributed by atoms with Crippen LogP contribution >= 0.6 is 15.9 Å². The Morgan fingerprint density at radius 2 is 2.00 bits per heavy atom. The summed E-state index contributed by atoms with van der Waals surface area (Å²) in [6.45, 7) is 0. The van der Waals surface area contributed by atoms with E-state index in [4.69, 9.17) is 21.7 Å². The van der Waals surface area contributed by atoms with Crippen LogP contribution in [0.4, 0.5) is 18.9 Å². The van der Waals surface area contributed by atoms with Gasteiger partial charge in [-0.1, -0.05) is 0 Å². The second-order valence-electron chi connectivity index (χ2n) is 3.58. The average Bonchev–Trinajstić information content (AvgIpc) is 2.38. The Balaban J connectivity index is 3.31. The van der Waals surface area contributed by atoms with Crippen molar-refractivity contribution in [3.63, 3.8) is 0 Å². The summed E-state index contributed by atoms with van der Waals surface area (Å²) >= 11 is 2.98. The van der Waals surface area contributed by atoms with E-state index in [9.17, 15) is 13.2 Å². The van der Waals surface area contributed by atoms with E-state index in [1.54, 1.807) is 0 Å². The molecule has 0 aliphatic rings. The Morgan fingerprint density at radius 1 is 1.38 bits per heavy atom. The third kappa shape index (κ3) is 3.94. The van der Waals surface area contributed by atoms with E-state index in [0.29, 0.717) is 6.07 Å². The van der Waals surface area contributed by atoms with Crippen LogP contribution in [0.25, 0.3) is 0 Å². The van der Waals surface area contributed by atoms with Gasteiger partial charge in [0.2, 0.25) is 5.71 Å². The van der Waals surface area contributed by atoms with Gasteiger partial charge in [0, 0.05) is 4.47 Å². The first-order valence-corrected chi connectivity index (χ1v) is 5.89. The highest BCUT2D eigenvalue weighted by Crippen LogP contribution is 2.36. The molecule has 0 heterocycles. The van der Waals surface area contributed by atoms with Gasteiger partial charge in [-0.15, -0.1) is 0 Å². The molecular formula is C11H6BrF3N6. The lowest BCUT2D eigenvalue weighted by Crippen LogP contribution is -2.22. The van der Waals surface area contributed by atoms with Gasteiger partial charge in [0.15, 0.2) is 5.84 Å². The Bertz CT molecular complexity index is 696. The lowest BCUT2D eigenvalue weighted by atomic mass is 10.1. The van der Waals surface area contributed by atoms with Crippen LogP contribution < -0.4 is 11.2 Å². The smallest absolute Gasteiger partial charge is 0.382 e. The van der Waals surface area contributed by atoms with Crippen LogP contribution in [-0.2, 0) is 6.18 Å². The standard InChI is InChI=1S/C11H6BrF3N6/c12-7-1-5(3-16)6(11(13,14)15)2-8(7)20-21-9(4-17)10(18)19/h1-2,20H,(H3,18,19)/b21-9+. The van der Waals surface area contributed by atoms with E-state index in [-0.39, 0.29) is 10.2 Å². The number of rotatable bonds is 3. The molecule has 0 bridgehead atoms. The average molecular weight is 359 g/mol. The van der Waals surface area contributed by atoms with Gasteiger partial charge in [0.05, 0.1) is 22.9 Å². The molecule has 0 atom stereocenters. The molecule has 0 amide bonds. The number of amidine groups is 1. The zero-order valence-corrected chi connectivity index (χ0v) is 11.7. The van der Waals surface area contributed by atoms with Crippen molar-refractivity contribution in [3.05, 3.63) is 27.7 Å². The van der Waals surface area contributed by atoms with Gasteiger partial charge in [0.1, 0.15) is 6.07 Å². The number of hydrogen-bond acceptors (Lipinski definition) is 5. The molecule has 4 N–H and O–H groups in total. The fourth-order valence-electron chi connectivity index (χ4n) is 1.25. The number of hydrazone groups is 1. The molecule has 0 radical (unpaired) electrons. The van der Waals surface area contributed by atoms with Crippen LogP contribution in [0, 0.1) is 28.1 Å². The molecule has 0 spiro atoms. The van der Waals surface area contributed by atoms with Gasteiger partial charge >= 0.3 is 6.18 Å². The minimum Gasteiger partial charge on any atom is -0.382 e. The second-order valence-corrected chi connectivity index (χ2v) is 4.44. The summed E-state index contributed by atoms with van der Waals surface area (Å²) in [7, 11) is 0. The van der Waals surface area contributed by atoms with Gasteiger partial charge in [-0.25, -0.2) is 0 Å². The Morgan fingerprint density at radius 3 is 2.43 bits per heavy atom. The number of nitrogens with zero attached hydrogens (tertiary/aromatic N) is 3. The third-order valence-corrected chi connectivity index (χ3v) is 2.84. The number of anilines is 1. The fraction of sp³-hybridized carbons (Fsp3) is 0.0909. The highest BCUT2D eigenvalue weighted by atomic mass is 79.9. The second kappa shape index (κ2) is 6.24. The minimum atomic E-state index is -4.72. The molecule has 10 heteroatoms. The molecule has 0 unspecified atom stereocenters. The maximum absolute atomic E-state index is 12.8. The SMILES string of the molecule is N#C/C(=N\Nc1cc(C(F)(F)F)c(C#N)cc1Br)C(=N)N. The molecular weight excluding hydrogens is 353 g/mol. The normalized spacial score (nSPS) is 11.4. The maximum atomic E-state index is 12.8. The van der Waals surface area contributed by atoms with Crippen molar-refractivity contribution in [2.24, 2.45) is 10.8 Å². The highest BCUT2D eigenvalue weighted by Gasteiger charge is 2.34. The molecule has 0 aliphatic heterocycles. The van der Waals surface area contributed by atoms with Crippen molar-refractivity contribution in [3.8, 4) is 12.1 Å². The molecule has 21 heavy (non-hydrogen) atoms. The summed E-state index contributed by atoms with van der Waals surface area (Å²) in [5, 5.41) is 27.8. The lowest BCUT2D eigenvalue weighted by Gasteiger charge is -2.12. The molecule has 108 valence electrons. The number of nitriles is 2. The first-order valence-electron chi connectivity index (χ1n) is 5.09. The van der Waals surface area contributed by atoms with E-state index in [1.807, 2.05) is 0 Å². The number of alkyl halides is 3. The van der Waals surface area contributed by atoms with E-state index in [0.717, 1.165) is 6.07 Å². The summed E-state index contributed by atoms with van der Waals surface area (Å²) in [6, 6.07) is 4.59. The molecule has 0 saturated carbocycles. The van der Waals surface area contributed by atoms with Crippen LogP contribution in [0.2, 0.25) is 0 Å². The van der Waals surface area contributed by atoms with Gasteiger partial charge in [0.25, 0.3) is 0 Å². The summed E-state index contributed by atoms with van der Waals surface area (Å²) < 4.78 is 38.5. The molecule has 6 nitrogen and oxygen atoms in total. The Labute approximate surface area is 125 Å². The molecule has 0 aliphatic carbocycles. The molecule has 0 fully saturated rings. The van der Waals surface area contributed by atoms with E-state index in [2.05, 4.69) is 26.5 Å². The van der Waals surface area contributed by atoms with Crippen LogP contribution in [0.5, 0.6) is 0 Å². The number of benzene rings is 1. The predicted molar refractivity (Wildman–Crippen MR) is 72.4 cm³/mol. The van der Waals surface area contributed by atoms with Crippen LogP contribution in [0.3, 0.4) is 0 Å². The molecule has 0 aromatic heterocycles. The van der Waals surface area contributed by atoms with Crippen molar-refractivity contribution in [1.82, 2.24) is 0 Å². The third-order valence-electron chi connectivity index (χ3n) is 2.18. The van der Waals surface area contributed by atoms with Crippen LogP contribution in [-0.4, -0.2) is 11.5 Å². The topological polar surface area (TPSA) is 122 Å². The summed E-state index contributed by atoms with van der Waals surface area (Å²) in [4.78, 5) is 0. The lowest BCUT2D eigenvalue weighted by molar-refractivity contribution is -0.137. The number of nitrogens with one attached hydrogen (secondary N) is 2. The van der Waals surface area contributed by atoms with Crippen molar-refractivity contribution >= 4 is 33.2 Å². The number of nitrogens with two attached hydrogens (primary N) is 1. The zero-order valence-electron chi connectivity index (χ0n) is 10.1. The maximum Gasteiger partial charge on any atom is 0.417 e. The van der Waals surface area contributed by atoms with Crippen LogP contribution in [0.1, 0.15) is 11.1 Å². The monoisotopic (exact) mass is 358 g/mol. The van der Waals surface area contributed by atoms with Gasteiger partial charge in [-0.3, -0.25) is 10.8 Å². The number of hydrogen-bond donors (Lipinski definition) is 3. The zero-order chi connectivity index (χ0) is 16.2. The van der Waals surface area contributed by atoms with E-state index < -0.39 is 28.9 Å². The van der Waals surface area contributed by atoms with Crippen LogP contribution in [0.15, 0.2) is 21.7 Å². The van der Waals surface area contributed by atoms with Gasteiger partial charge in [-0.05, 0) is 28.1 Å². The van der Waals surface area contributed by atoms with E-state index >= 15 is 0 Å². The van der Waals surface area contributed by atoms with Crippen molar-refractivity contribution < 1.29 is 13.2 Å². The highest BCUT2D eigenvalue weighted by molar-refractivity contribution is 9.10. The fourth-order valence-corrected chi connectivity index (χ4v) is 1.68. The van der Waals surface area contributed by atoms with E-state index in [1.165, 1.54) is 12.1 Å². The predicted octanol–water partition coefficient (Wildman–Crippen LogP) is 2.57. The summed E-state index contributed by atoms with van der Waals surface area (Å²) in [6.07, 6.45) is -4.72. The van der Waals surface area contributed by atoms with Crippen molar-refractivity contribution in [1.29, 1.82) is 15.9 Å². The quantitative estimate of drug-likeness (QED) is 0.436.